The van der Waals surface area contributed by atoms with Gasteiger partial charge in [-0.2, -0.15) is 0 Å². The highest BCUT2D eigenvalue weighted by atomic mass is 32.2. The van der Waals surface area contributed by atoms with Crippen molar-refractivity contribution in [2.75, 3.05) is 31.3 Å². The van der Waals surface area contributed by atoms with E-state index in [1.165, 1.54) is 44.6 Å². The molecule has 2 aromatic carbocycles. The second-order valence-electron chi connectivity index (χ2n) is 4.89. The standard InChI is InChI=1S/C16H18N2O6S.C2H6/c1-22-12-5-8-14(17)15(9-12)18-25(20,21)13-6-3-11(4-7-13)24-10-16(19)23-2;1-2/h3-9,18H,10,17H2,1-2H3;1-2H3. The molecule has 0 fully saturated rings. The predicted octanol–water partition coefficient (Wildman–Crippen LogP) is 2.66. The fraction of sp³-hybridized carbons (Fsp3) is 0.278. The minimum Gasteiger partial charge on any atom is -0.497 e. The summed E-state index contributed by atoms with van der Waals surface area (Å²) in [5, 5.41) is 0. The number of carbonyl (C=O) groups excluding carboxylic acids is 1. The third-order valence-electron chi connectivity index (χ3n) is 3.22. The van der Waals surface area contributed by atoms with E-state index in [9.17, 15) is 13.2 Å². The summed E-state index contributed by atoms with van der Waals surface area (Å²) in [6.07, 6.45) is 0. The molecule has 2 aromatic rings. The van der Waals surface area contributed by atoms with Crippen LogP contribution in [-0.4, -0.2) is 35.2 Å². The number of sulfonamides is 1. The first-order valence-corrected chi connectivity index (χ1v) is 9.60. The van der Waals surface area contributed by atoms with E-state index in [1.54, 1.807) is 12.1 Å². The molecule has 148 valence electrons. The lowest BCUT2D eigenvalue weighted by Gasteiger charge is -2.12. The molecule has 9 heteroatoms. The van der Waals surface area contributed by atoms with Gasteiger partial charge in [-0.25, -0.2) is 13.2 Å². The molecule has 0 unspecified atom stereocenters. The Balaban J connectivity index is 0.00000176. The van der Waals surface area contributed by atoms with Gasteiger partial charge < -0.3 is 19.9 Å². The van der Waals surface area contributed by atoms with E-state index in [0.29, 0.717) is 11.5 Å². The number of nitrogens with one attached hydrogen (secondary N) is 1. The van der Waals surface area contributed by atoms with Crippen molar-refractivity contribution < 1.29 is 27.4 Å². The molecule has 0 aromatic heterocycles. The SMILES string of the molecule is CC.COC(=O)COc1ccc(S(=O)(=O)Nc2cc(OC)ccc2N)cc1. The van der Waals surface area contributed by atoms with Gasteiger partial charge in [-0.3, -0.25) is 4.72 Å². The minimum atomic E-state index is -3.85. The monoisotopic (exact) mass is 396 g/mol. The van der Waals surface area contributed by atoms with Crippen molar-refractivity contribution in [1.29, 1.82) is 0 Å². The Labute approximate surface area is 159 Å². The van der Waals surface area contributed by atoms with Gasteiger partial charge in [0.05, 0.1) is 30.5 Å². The Hall–Kier alpha value is -2.94. The maximum Gasteiger partial charge on any atom is 0.343 e. The summed E-state index contributed by atoms with van der Waals surface area (Å²) in [4.78, 5) is 11.0. The molecule has 8 nitrogen and oxygen atoms in total. The number of ether oxygens (including phenoxy) is 3. The second-order valence-corrected chi connectivity index (χ2v) is 6.58. The minimum absolute atomic E-state index is 0.0140. The van der Waals surface area contributed by atoms with E-state index in [1.807, 2.05) is 13.8 Å². The van der Waals surface area contributed by atoms with Crippen LogP contribution in [0.2, 0.25) is 0 Å². The molecular formula is C18H24N2O6S. The van der Waals surface area contributed by atoms with Crippen molar-refractivity contribution in [1.82, 2.24) is 0 Å². The fourth-order valence-electron chi connectivity index (χ4n) is 1.87. The molecule has 0 radical (unpaired) electrons. The van der Waals surface area contributed by atoms with Crippen LogP contribution in [0.15, 0.2) is 47.4 Å². The van der Waals surface area contributed by atoms with Crippen LogP contribution >= 0.6 is 0 Å². The topological polar surface area (TPSA) is 117 Å². The molecule has 0 aliphatic carbocycles. The maximum absolute atomic E-state index is 12.5. The number of rotatable bonds is 7. The van der Waals surface area contributed by atoms with Gasteiger partial charge in [0.1, 0.15) is 11.5 Å². The predicted molar refractivity (Wildman–Crippen MR) is 104 cm³/mol. The number of methoxy groups -OCH3 is 2. The zero-order chi connectivity index (χ0) is 20.4. The molecule has 0 bridgehead atoms. The molecule has 0 heterocycles. The summed E-state index contributed by atoms with van der Waals surface area (Å²) in [5.74, 6) is 0.274. The van der Waals surface area contributed by atoms with E-state index in [4.69, 9.17) is 15.2 Å². The van der Waals surface area contributed by atoms with Gasteiger partial charge in [-0.1, -0.05) is 13.8 Å². The van der Waals surface area contributed by atoms with Crippen LogP contribution < -0.4 is 19.9 Å². The van der Waals surface area contributed by atoms with Gasteiger partial charge in [0.2, 0.25) is 0 Å². The van der Waals surface area contributed by atoms with Crippen LogP contribution in [0.4, 0.5) is 11.4 Å². The van der Waals surface area contributed by atoms with Crippen LogP contribution in [-0.2, 0) is 19.6 Å². The summed E-state index contributed by atoms with van der Waals surface area (Å²) in [5.41, 5.74) is 6.27. The summed E-state index contributed by atoms with van der Waals surface area (Å²) in [6.45, 7) is 3.74. The van der Waals surface area contributed by atoms with Crippen molar-refractivity contribution >= 4 is 27.4 Å². The fourth-order valence-corrected chi connectivity index (χ4v) is 2.95. The van der Waals surface area contributed by atoms with E-state index < -0.39 is 16.0 Å². The van der Waals surface area contributed by atoms with Crippen molar-refractivity contribution in [2.45, 2.75) is 18.7 Å². The van der Waals surface area contributed by atoms with Crippen LogP contribution in [0, 0.1) is 0 Å². The normalized spacial score (nSPS) is 10.2. The van der Waals surface area contributed by atoms with Gasteiger partial charge in [0, 0.05) is 6.07 Å². The number of nitrogen functional groups attached to an aromatic ring is 1. The van der Waals surface area contributed by atoms with Crippen molar-refractivity contribution in [3.05, 3.63) is 42.5 Å². The van der Waals surface area contributed by atoms with Crippen molar-refractivity contribution in [3.8, 4) is 11.5 Å². The number of nitrogens with two attached hydrogens (primary N) is 1. The largest absolute Gasteiger partial charge is 0.497 e. The molecule has 0 atom stereocenters. The van der Waals surface area contributed by atoms with Crippen LogP contribution in [0.5, 0.6) is 11.5 Å². The summed E-state index contributed by atoms with van der Waals surface area (Å²) >= 11 is 0. The lowest BCUT2D eigenvalue weighted by molar-refractivity contribution is -0.142. The van der Waals surface area contributed by atoms with Gasteiger partial charge in [0.15, 0.2) is 6.61 Å². The number of anilines is 2. The Bertz CT molecular complexity index is 851. The molecule has 2 rings (SSSR count). The van der Waals surface area contributed by atoms with E-state index in [-0.39, 0.29) is 22.9 Å². The summed E-state index contributed by atoms with van der Waals surface area (Å²) in [7, 11) is -1.13. The third kappa shape index (κ3) is 6.37. The average molecular weight is 396 g/mol. The zero-order valence-corrected chi connectivity index (χ0v) is 16.5. The van der Waals surface area contributed by atoms with Gasteiger partial charge in [-0.05, 0) is 36.4 Å². The lowest BCUT2D eigenvalue weighted by atomic mass is 10.2. The summed E-state index contributed by atoms with van der Waals surface area (Å²) in [6, 6.07) is 10.2. The average Bonchev–Trinajstić information content (AvgIpc) is 2.69. The highest BCUT2D eigenvalue weighted by Crippen LogP contribution is 2.27. The zero-order valence-electron chi connectivity index (χ0n) is 15.7. The van der Waals surface area contributed by atoms with Crippen molar-refractivity contribution in [2.24, 2.45) is 0 Å². The molecule has 0 amide bonds. The molecule has 3 N–H and O–H groups in total. The molecule has 0 saturated carbocycles. The van der Waals surface area contributed by atoms with Crippen LogP contribution in [0.3, 0.4) is 0 Å². The first-order valence-electron chi connectivity index (χ1n) is 8.11. The van der Waals surface area contributed by atoms with E-state index >= 15 is 0 Å². The van der Waals surface area contributed by atoms with E-state index in [0.717, 1.165) is 0 Å². The molecule has 27 heavy (non-hydrogen) atoms. The highest BCUT2D eigenvalue weighted by molar-refractivity contribution is 7.92. The Morgan fingerprint density at radius 2 is 1.63 bits per heavy atom. The second kappa shape index (κ2) is 10.3. The van der Waals surface area contributed by atoms with E-state index in [2.05, 4.69) is 9.46 Å². The number of carbonyl (C=O) groups is 1. The number of hydrogen-bond acceptors (Lipinski definition) is 7. The van der Waals surface area contributed by atoms with Crippen molar-refractivity contribution in [3.63, 3.8) is 0 Å². The quantitative estimate of drug-likeness (QED) is 0.546. The van der Waals surface area contributed by atoms with Crippen LogP contribution in [0.1, 0.15) is 13.8 Å². The van der Waals surface area contributed by atoms with Gasteiger partial charge >= 0.3 is 5.97 Å². The maximum atomic E-state index is 12.5. The molecule has 0 aliphatic heterocycles. The molecule has 0 spiro atoms. The summed E-state index contributed by atoms with van der Waals surface area (Å²) < 4.78 is 42.0. The Morgan fingerprint density at radius 1 is 1.04 bits per heavy atom. The van der Waals surface area contributed by atoms with Crippen LogP contribution in [0.25, 0.3) is 0 Å². The smallest absolute Gasteiger partial charge is 0.343 e. The molecular weight excluding hydrogens is 372 g/mol. The van der Waals surface area contributed by atoms with Gasteiger partial charge in [-0.15, -0.1) is 0 Å². The number of esters is 1. The molecule has 0 aliphatic rings. The Morgan fingerprint density at radius 3 is 2.19 bits per heavy atom. The number of hydrogen-bond donors (Lipinski definition) is 2. The molecule has 0 saturated heterocycles. The number of benzene rings is 2. The highest BCUT2D eigenvalue weighted by Gasteiger charge is 2.16. The lowest BCUT2D eigenvalue weighted by Crippen LogP contribution is -2.15. The third-order valence-corrected chi connectivity index (χ3v) is 4.60. The van der Waals surface area contributed by atoms with Gasteiger partial charge in [0.25, 0.3) is 10.0 Å². The first-order chi connectivity index (χ1) is 12.9. The first kappa shape index (κ1) is 22.1. The Kier molecular flexibility index (Phi) is 8.40.